The van der Waals surface area contributed by atoms with E-state index in [1.165, 1.54) is 0 Å². The van der Waals surface area contributed by atoms with Crippen LogP contribution in [0.15, 0.2) is 78.9 Å². The average Bonchev–Trinajstić information content (AvgIpc) is 2.73. The van der Waals surface area contributed by atoms with Crippen molar-refractivity contribution in [2.45, 2.75) is 6.61 Å². The number of ether oxygens (including phenoxy) is 1. The first-order chi connectivity index (χ1) is 13.2. The van der Waals surface area contributed by atoms with E-state index in [9.17, 15) is 14.4 Å². The van der Waals surface area contributed by atoms with Crippen LogP contribution in [-0.4, -0.2) is 18.2 Å². The van der Waals surface area contributed by atoms with Gasteiger partial charge in [0, 0.05) is 16.8 Å². The Kier molecular flexibility index (Phi) is 5.74. The average molecular weight is 359 g/mol. The number of carbonyl (C=O) groups excluding carboxylic acids is 3. The van der Waals surface area contributed by atoms with E-state index in [1.807, 2.05) is 30.3 Å². The molecule has 1 amide bonds. The van der Waals surface area contributed by atoms with Gasteiger partial charge in [0.1, 0.15) is 12.9 Å². The van der Waals surface area contributed by atoms with Gasteiger partial charge in [-0.3, -0.25) is 9.59 Å². The fourth-order valence-electron chi connectivity index (χ4n) is 2.41. The SMILES string of the molecule is O=Cc1ccc(C(=O)OCc2ccc(C(=O)Nc3ccccc3)cc2)cc1. The van der Waals surface area contributed by atoms with Crippen molar-refractivity contribution in [3.05, 3.63) is 101 Å². The number of benzene rings is 3. The maximum Gasteiger partial charge on any atom is 0.338 e. The zero-order valence-corrected chi connectivity index (χ0v) is 14.4. The van der Waals surface area contributed by atoms with Gasteiger partial charge in [-0.1, -0.05) is 42.5 Å². The highest BCUT2D eigenvalue weighted by molar-refractivity contribution is 6.04. The fourth-order valence-corrected chi connectivity index (χ4v) is 2.41. The Morgan fingerprint density at radius 1 is 0.815 bits per heavy atom. The molecule has 0 saturated carbocycles. The predicted octanol–water partition coefficient (Wildman–Crippen LogP) is 4.11. The van der Waals surface area contributed by atoms with Crippen LogP contribution in [0.3, 0.4) is 0 Å². The molecule has 0 aliphatic carbocycles. The number of esters is 1. The quantitative estimate of drug-likeness (QED) is 0.531. The van der Waals surface area contributed by atoms with Crippen LogP contribution >= 0.6 is 0 Å². The molecule has 0 spiro atoms. The molecule has 0 aliphatic heterocycles. The number of nitrogens with one attached hydrogen (secondary N) is 1. The topological polar surface area (TPSA) is 72.5 Å². The summed E-state index contributed by atoms with van der Waals surface area (Å²) in [5, 5.41) is 2.81. The van der Waals surface area contributed by atoms with Crippen LogP contribution in [0.2, 0.25) is 0 Å². The van der Waals surface area contributed by atoms with Gasteiger partial charge < -0.3 is 10.1 Å². The van der Waals surface area contributed by atoms with Gasteiger partial charge in [0.25, 0.3) is 5.91 Å². The second kappa shape index (κ2) is 8.58. The van der Waals surface area contributed by atoms with Gasteiger partial charge in [-0.05, 0) is 42.0 Å². The summed E-state index contributed by atoms with van der Waals surface area (Å²) in [6, 6.07) is 22.2. The van der Waals surface area contributed by atoms with Crippen LogP contribution in [0.25, 0.3) is 0 Å². The number of aldehydes is 1. The van der Waals surface area contributed by atoms with E-state index >= 15 is 0 Å². The molecule has 27 heavy (non-hydrogen) atoms. The molecular formula is C22H17NO4. The minimum atomic E-state index is -0.474. The molecule has 3 rings (SSSR count). The monoisotopic (exact) mass is 359 g/mol. The first-order valence-corrected chi connectivity index (χ1v) is 8.33. The maximum atomic E-state index is 12.2. The molecule has 0 heterocycles. The van der Waals surface area contributed by atoms with Crippen LogP contribution in [0.4, 0.5) is 5.69 Å². The number of amides is 1. The van der Waals surface area contributed by atoms with Crippen molar-refractivity contribution >= 4 is 23.9 Å². The van der Waals surface area contributed by atoms with Gasteiger partial charge in [-0.15, -0.1) is 0 Å². The summed E-state index contributed by atoms with van der Waals surface area (Å²) in [5.74, 6) is -0.682. The van der Waals surface area contributed by atoms with Crippen LogP contribution < -0.4 is 5.32 Å². The third-order valence-corrected chi connectivity index (χ3v) is 3.90. The zero-order chi connectivity index (χ0) is 19.1. The van der Waals surface area contributed by atoms with Crippen molar-refractivity contribution in [1.29, 1.82) is 0 Å². The number of carbonyl (C=O) groups is 3. The minimum Gasteiger partial charge on any atom is -0.457 e. The summed E-state index contributed by atoms with van der Waals surface area (Å²) in [5.41, 5.74) is 2.87. The first kappa shape index (κ1) is 18.1. The smallest absolute Gasteiger partial charge is 0.338 e. The van der Waals surface area contributed by atoms with Gasteiger partial charge in [-0.25, -0.2) is 4.79 Å². The van der Waals surface area contributed by atoms with Gasteiger partial charge in [0.2, 0.25) is 0 Å². The molecule has 0 saturated heterocycles. The second-order valence-corrected chi connectivity index (χ2v) is 5.83. The standard InChI is InChI=1S/C22H17NO4/c24-14-16-6-12-19(13-7-16)22(26)27-15-17-8-10-18(11-9-17)21(25)23-20-4-2-1-3-5-20/h1-14H,15H2,(H,23,25). The third kappa shape index (κ3) is 4.89. The summed E-state index contributed by atoms with van der Waals surface area (Å²) in [4.78, 5) is 34.9. The van der Waals surface area contributed by atoms with Gasteiger partial charge in [-0.2, -0.15) is 0 Å². The van der Waals surface area contributed by atoms with Gasteiger partial charge >= 0.3 is 5.97 Å². The molecule has 0 unspecified atom stereocenters. The first-order valence-electron chi connectivity index (χ1n) is 8.33. The van der Waals surface area contributed by atoms with Crippen molar-refractivity contribution in [3.63, 3.8) is 0 Å². The number of rotatable bonds is 6. The van der Waals surface area contributed by atoms with Crippen LogP contribution in [-0.2, 0) is 11.3 Å². The van der Waals surface area contributed by atoms with Gasteiger partial charge in [0.15, 0.2) is 0 Å². The van der Waals surface area contributed by atoms with E-state index in [0.717, 1.165) is 11.3 Å². The van der Waals surface area contributed by atoms with Crippen molar-refractivity contribution in [1.82, 2.24) is 0 Å². The van der Waals surface area contributed by atoms with Crippen LogP contribution in [0, 0.1) is 0 Å². The number of hydrogen-bond donors (Lipinski definition) is 1. The van der Waals surface area contributed by atoms with Crippen molar-refractivity contribution in [2.75, 3.05) is 5.32 Å². The maximum absolute atomic E-state index is 12.2. The molecule has 5 nitrogen and oxygen atoms in total. The molecule has 1 N–H and O–H groups in total. The third-order valence-electron chi connectivity index (χ3n) is 3.90. The molecule has 5 heteroatoms. The highest BCUT2D eigenvalue weighted by Gasteiger charge is 2.09. The summed E-state index contributed by atoms with van der Waals surface area (Å²) < 4.78 is 5.26. The fraction of sp³-hybridized carbons (Fsp3) is 0.0455. The lowest BCUT2D eigenvalue weighted by molar-refractivity contribution is 0.0472. The minimum absolute atomic E-state index is 0.0921. The Bertz CT molecular complexity index is 932. The molecule has 134 valence electrons. The lowest BCUT2D eigenvalue weighted by atomic mass is 10.1. The molecular weight excluding hydrogens is 342 g/mol. The van der Waals surface area contributed by atoms with E-state index in [2.05, 4.69) is 5.32 Å². The summed E-state index contributed by atoms with van der Waals surface area (Å²) in [6.07, 6.45) is 0.713. The highest BCUT2D eigenvalue weighted by Crippen LogP contribution is 2.12. The van der Waals surface area contributed by atoms with Crippen molar-refractivity contribution < 1.29 is 19.1 Å². The Labute approximate surface area is 156 Å². The molecule has 0 atom stereocenters. The Hall–Kier alpha value is -3.73. The molecule has 3 aromatic rings. The Morgan fingerprint density at radius 3 is 2.07 bits per heavy atom. The normalized spacial score (nSPS) is 10.1. The Morgan fingerprint density at radius 2 is 1.44 bits per heavy atom. The largest absolute Gasteiger partial charge is 0.457 e. The molecule has 0 aliphatic rings. The lowest BCUT2D eigenvalue weighted by Crippen LogP contribution is -2.11. The van der Waals surface area contributed by atoms with Crippen molar-refractivity contribution in [2.24, 2.45) is 0 Å². The Balaban J connectivity index is 1.56. The number of anilines is 1. The highest BCUT2D eigenvalue weighted by atomic mass is 16.5. The summed E-state index contributed by atoms with van der Waals surface area (Å²) in [7, 11) is 0. The summed E-state index contributed by atoms with van der Waals surface area (Å²) in [6.45, 7) is 0.0921. The molecule has 0 bridgehead atoms. The number of hydrogen-bond acceptors (Lipinski definition) is 4. The molecule has 3 aromatic carbocycles. The zero-order valence-electron chi connectivity index (χ0n) is 14.4. The molecule has 0 fully saturated rings. The van der Waals surface area contributed by atoms with E-state index in [-0.39, 0.29) is 12.5 Å². The van der Waals surface area contributed by atoms with E-state index < -0.39 is 5.97 Å². The predicted molar refractivity (Wildman–Crippen MR) is 102 cm³/mol. The van der Waals surface area contributed by atoms with E-state index in [0.29, 0.717) is 23.0 Å². The van der Waals surface area contributed by atoms with E-state index in [1.54, 1.807) is 48.5 Å². The van der Waals surface area contributed by atoms with Gasteiger partial charge in [0.05, 0.1) is 5.56 Å². The lowest BCUT2D eigenvalue weighted by Gasteiger charge is -2.07. The summed E-state index contributed by atoms with van der Waals surface area (Å²) >= 11 is 0. The van der Waals surface area contributed by atoms with Crippen LogP contribution in [0.1, 0.15) is 36.6 Å². The second-order valence-electron chi connectivity index (χ2n) is 5.83. The van der Waals surface area contributed by atoms with E-state index in [4.69, 9.17) is 4.74 Å². The molecule has 0 aromatic heterocycles. The number of para-hydroxylation sites is 1. The molecule has 0 radical (unpaired) electrons. The van der Waals surface area contributed by atoms with Crippen molar-refractivity contribution in [3.8, 4) is 0 Å². The van der Waals surface area contributed by atoms with Crippen LogP contribution in [0.5, 0.6) is 0 Å².